The van der Waals surface area contributed by atoms with Crippen LogP contribution in [0, 0.1) is 0 Å². The van der Waals surface area contributed by atoms with E-state index in [1.165, 1.54) is 25.3 Å². The third-order valence-electron chi connectivity index (χ3n) is 5.57. The van der Waals surface area contributed by atoms with Gasteiger partial charge in [-0.15, -0.1) is 0 Å². The molecule has 7 nitrogen and oxygen atoms in total. The Morgan fingerprint density at radius 1 is 1.03 bits per heavy atom. The number of anilines is 2. The molecule has 0 saturated heterocycles. The maximum atomic E-state index is 13.0. The highest BCUT2D eigenvalue weighted by Crippen LogP contribution is 2.34. The van der Waals surface area contributed by atoms with Crippen LogP contribution in [0.5, 0.6) is 11.5 Å². The Labute approximate surface area is 187 Å². The van der Waals surface area contributed by atoms with E-state index in [4.69, 9.17) is 4.74 Å². The summed E-state index contributed by atoms with van der Waals surface area (Å²) in [7, 11) is -2.54. The van der Waals surface area contributed by atoms with Crippen LogP contribution in [0.1, 0.15) is 29.9 Å². The second-order valence-corrected chi connectivity index (χ2v) is 9.30. The van der Waals surface area contributed by atoms with Gasteiger partial charge in [-0.25, -0.2) is 8.42 Å². The van der Waals surface area contributed by atoms with Crippen LogP contribution in [0.25, 0.3) is 0 Å². The smallest absolute Gasteiger partial charge is 0.262 e. The first-order chi connectivity index (χ1) is 15.4. The van der Waals surface area contributed by atoms with E-state index >= 15 is 0 Å². The van der Waals surface area contributed by atoms with Crippen LogP contribution in [0.4, 0.5) is 11.4 Å². The van der Waals surface area contributed by atoms with E-state index in [0.717, 1.165) is 24.0 Å². The molecule has 0 radical (unpaired) electrons. The normalized spacial score (nSPS) is 15.5. The summed E-state index contributed by atoms with van der Waals surface area (Å²) < 4.78 is 33.5. The summed E-state index contributed by atoms with van der Waals surface area (Å²) >= 11 is 0. The number of aromatic hydroxyl groups is 1. The Morgan fingerprint density at radius 2 is 1.78 bits per heavy atom. The molecule has 0 aliphatic heterocycles. The van der Waals surface area contributed by atoms with Crippen LogP contribution >= 0.6 is 0 Å². The Balaban J connectivity index is 1.59. The van der Waals surface area contributed by atoms with E-state index in [1.54, 1.807) is 24.3 Å². The molecule has 166 valence electrons. The third-order valence-corrected chi connectivity index (χ3v) is 6.94. The highest BCUT2D eigenvalue weighted by atomic mass is 32.2. The van der Waals surface area contributed by atoms with Crippen molar-refractivity contribution in [3.05, 3.63) is 77.9 Å². The van der Waals surface area contributed by atoms with Crippen molar-refractivity contribution < 1.29 is 23.1 Å². The lowest BCUT2D eigenvalue weighted by molar-refractivity contribution is -0.117. The number of fused-ring (bicyclic) bond motifs is 1. The standard InChI is InChI=1S/C24H24N2O5S/c1-31-23-12-5-4-11-20(23)26-32(29,30)17-13-14-22(27)21(15-17)25-24(28)19-10-6-8-16-7-2-3-9-18(16)19/h2-5,7,9,11-15,19,26-27H,6,8,10H2,1H3,(H,25,28). The van der Waals surface area contributed by atoms with E-state index in [9.17, 15) is 18.3 Å². The second kappa shape index (κ2) is 8.92. The molecule has 1 amide bonds. The minimum absolute atomic E-state index is 0.0426. The van der Waals surface area contributed by atoms with Gasteiger partial charge in [0.2, 0.25) is 5.91 Å². The summed E-state index contributed by atoms with van der Waals surface area (Å²) in [6.07, 6.45) is 2.50. The molecule has 1 atom stereocenters. The number of methoxy groups -OCH3 is 1. The Kier molecular flexibility index (Phi) is 6.05. The van der Waals surface area contributed by atoms with Crippen LogP contribution in [0.2, 0.25) is 0 Å². The molecule has 1 aliphatic rings. The predicted octanol–water partition coefficient (Wildman–Crippen LogP) is 4.26. The molecule has 1 aliphatic carbocycles. The minimum atomic E-state index is -3.99. The summed E-state index contributed by atoms with van der Waals surface area (Å²) in [5, 5.41) is 13.0. The quantitative estimate of drug-likeness (QED) is 0.485. The highest BCUT2D eigenvalue weighted by Gasteiger charge is 2.27. The van der Waals surface area contributed by atoms with Crippen LogP contribution in [0.15, 0.2) is 71.6 Å². The molecule has 0 saturated carbocycles. The first-order valence-electron chi connectivity index (χ1n) is 10.3. The molecule has 32 heavy (non-hydrogen) atoms. The van der Waals surface area contributed by atoms with E-state index in [-0.39, 0.29) is 33.8 Å². The molecule has 3 N–H and O–H groups in total. The number of phenolic OH excluding ortho intramolecular Hbond substituents is 1. The van der Waals surface area contributed by atoms with Crippen molar-refractivity contribution in [1.29, 1.82) is 0 Å². The molecule has 0 bridgehead atoms. The van der Waals surface area contributed by atoms with Gasteiger partial charge in [0.25, 0.3) is 10.0 Å². The number of benzene rings is 3. The first kappa shape index (κ1) is 21.7. The zero-order valence-electron chi connectivity index (χ0n) is 17.5. The fourth-order valence-corrected chi connectivity index (χ4v) is 5.06. The van der Waals surface area contributed by atoms with Crippen LogP contribution < -0.4 is 14.8 Å². The van der Waals surface area contributed by atoms with Crippen molar-refractivity contribution in [2.45, 2.75) is 30.1 Å². The lowest BCUT2D eigenvalue weighted by Gasteiger charge is -2.24. The van der Waals surface area contributed by atoms with Crippen molar-refractivity contribution in [3.63, 3.8) is 0 Å². The summed E-state index contributed by atoms with van der Waals surface area (Å²) in [6, 6.07) is 18.2. The lowest BCUT2D eigenvalue weighted by atomic mass is 9.82. The fourth-order valence-electron chi connectivity index (χ4n) is 3.96. The average Bonchev–Trinajstić information content (AvgIpc) is 2.80. The Hall–Kier alpha value is -3.52. The number of phenols is 1. The average molecular weight is 453 g/mol. The topological polar surface area (TPSA) is 105 Å². The minimum Gasteiger partial charge on any atom is -0.506 e. The molecule has 0 heterocycles. The molecular formula is C24H24N2O5S. The van der Waals surface area contributed by atoms with Crippen molar-refractivity contribution in [2.24, 2.45) is 0 Å². The van der Waals surface area contributed by atoms with Crippen molar-refractivity contribution in [1.82, 2.24) is 0 Å². The van der Waals surface area contributed by atoms with Gasteiger partial charge in [0.15, 0.2) is 0 Å². The van der Waals surface area contributed by atoms with E-state index in [2.05, 4.69) is 10.0 Å². The number of sulfonamides is 1. The number of nitrogens with one attached hydrogen (secondary N) is 2. The number of para-hydroxylation sites is 2. The van der Waals surface area contributed by atoms with Crippen LogP contribution in [0.3, 0.4) is 0 Å². The van der Waals surface area contributed by atoms with Gasteiger partial charge in [-0.1, -0.05) is 36.4 Å². The summed E-state index contributed by atoms with van der Waals surface area (Å²) in [5.74, 6) is -0.468. The highest BCUT2D eigenvalue weighted by molar-refractivity contribution is 7.92. The first-order valence-corrected chi connectivity index (χ1v) is 11.7. The van der Waals surface area contributed by atoms with E-state index < -0.39 is 10.0 Å². The van der Waals surface area contributed by atoms with Gasteiger partial charge in [0, 0.05) is 0 Å². The zero-order chi connectivity index (χ0) is 22.7. The second-order valence-electron chi connectivity index (χ2n) is 7.62. The fraction of sp³-hybridized carbons (Fsp3) is 0.208. The molecule has 1 unspecified atom stereocenters. The maximum Gasteiger partial charge on any atom is 0.262 e. The third kappa shape index (κ3) is 4.40. The maximum absolute atomic E-state index is 13.0. The van der Waals surface area contributed by atoms with Gasteiger partial charge in [-0.3, -0.25) is 9.52 Å². The van der Waals surface area contributed by atoms with Crippen LogP contribution in [-0.2, 0) is 21.2 Å². The molecule has 0 aromatic heterocycles. The van der Waals surface area contributed by atoms with Crippen molar-refractivity contribution in [3.8, 4) is 11.5 Å². The number of carbonyl (C=O) groups excluding carboxylic acids is 1. The van der Waals surface area contributed by atoms with E-state index in [0.29, 0.717) is 12.2 Å². The van der Waals surface area contributed by atoms with Gasteiger partial charge < -0.3 is 15.2 Å². The molecule has 0 fully saturated rings. The SMILES string of the molecule is COc1ccccc1NS(=O)(=O)c1ccc(O)c(NC(=O)C2CCCc3ccccc32)c1. The summed E-state index contributed by atoms with van der Waals surface area (Å²) in [4.78, 5) is 12.9. The summed E-state index contributed by atoms with van der Waals surface area (Å²) in [6.45, 7) is 0. The molecule has 0 spiro atoms. The molecule has 8 heteroatoms. The lowest BCUT2D eigenvalue weighted by Crippen LogP contribution is -2.25. The van der Waals surface area contributed by atoms with Gasteiger partial charge in [0.1, 0.15) is 11.5 Å². The number of amides is 1. The monoisotopic (exact) mass is 452 g/mol. The number of ether oxygens (including phenoxy) is 1. The van der Waals surface area contributed by atoms with Crippen molar-refractivity contribution >= 4 is 27.3 Å². The zero-order valence-corrected chi connectivity index (χ0v) is 18.4. The number of carbonyl (C=O) groups is 1. The largest absolute Gasteiger partial charge is 0.506 e. The molecular weight excluding hydrogens is 428 g/mol. The number of hydrogen-bond acceptors (Lipinski definition) is 5. The Bertz CT molecular complexity index is 1260. The number of hydrogen-bond donors (Lipinski definition) is 3. The Morgan fingerprint density at radius 3 is 2.59 bits per heavy atom. The van der Waals surface area contributed by atoms with Gasteiger partial charge in [0.05, 0.1) is 29.3 Å². The summed E-state index contributed by atoms with van der Waals surface area (Å²) in [5.41, 5.74) is 2.44. The number of aryl methyl sites for hydroxylation is 1. The molecule has 4 rings (SSSR count). The van der Waals surface area contributed by atoms with Gasteiger partial charge in [-0.05, 0) is 60.7 Å². The molecule has 3 aromatic carbocycles. The predicted molar refractivity (Wildman–Crippen MR) is 123 cm³/mol. The number of rotatable bonds is 6. The van der Waals surface area contributed by atoms with Crippen molar-refractivity contribution in [2.75, 3.05) is 17.1 Å². The van der Waals surface area contributed by atoms with Crippen LogP contribution in [-0.4, -0.2) is 26.5 Å². The molecule has 3 aromatic rings. The van der Waals surface area contributed by atoms with E-state index in [1.807, 2.05) is 24.3 Å². The van der Waals surface area contributed by atoms with Gasteiger partial charge >= 0.3 is 0 Å². The van der Waals surface area contributed by atoms with Gasteiger partial charge in [-0.2, -0.15) is 0 Å².